The molecule has 0 radical (unpaired) electrons. The van der Waals surface area contributed by atoms with Crippen molar-refractivity contribution in [1.29, 1.82) is 0 Å². The van der Waals surface area contributed by atoms with Gasteiger partial charge < -0.3 is 15.2 Å². The number of alkyl halides is 3. The Morgan fingerprint density at radius 3 is 2.61 bits per heavy atom. The number of carbonyl (C=O) groups is 1. The fourth-order valence-electron chi connectivity index (χ4n) is 4.20. The molecule has 0 unspecified atom stereocenters. The first-order chi connectivity index (χ1) is 17.0. The number of aromatic nitrogens is 3. The van der Waals surface area contributed by atoms with Crippen LogP contribution in [0.15, 0.2) is 41.8 Å². The molecule has 1 fully saturated rings. The van der Waals surface area contributed by atoms with E-state index in [-0.39, 0.29) is 23.1 Å². The number of nitrogens with zero attached hydrogens (tertiary/aromatic N) is 3. The van der Waals surface area contributed by atoms with Crippen LogP contribution in [-0.4, -0.2) is 46.0 Å². The minimum Gasteiger partial charge on any atom is -0.354 e. The van der Waals surface area contributed by atoms with Gasteiger partial charge in [0.2, 0.25) is 15.0 Å². The third-order valence-electron chi connectivity index (χ3n) is 6.44. The van der Waals surface area contributed by atoms with E-state index in [9.17, 15) is 30.8 Å². The lowest BCUT2D eigenvalue weighted by Crippen LogP contribution is -2.36. The second-order valence-electron chi connectivity index (χ2n) is 8.81. The van der Waals surface area contributed by atoms with E-state index in [1.807, 2.05) is 0 Å². The highest BCUT2D eigenvalue weighted by Gasteiger charge is 2.36. The van der Waals surface area contributed by atoms with E-state index in [1.165, 1.54) is 17.3 Å². The third kappa shape index (κ3) is 4.54. The number of imidazole rings is 1. The van der Waals surface area contributed by atoms with Crippen LogP contribution in [0, 0.1) is 5.82 Å². The molecule has 3 heterocycles. The summed E-state index contributed by atoms with van der Waals surface area (Å²) in [7, 11) is -3.57. The van der Waals surface area contributed by atoms with Crippen molar-refractivity contribution in [3.05, 3.63) is 65.0 Å². The summed E-state index contributed by atoms with van der Waals surface area (Å²) in [5.41, 5.74) is 0.722. The van der Waals surface area contributed by atoms with Gasteiger partial charge in [-0.15, -0.1) is 0 Å². The highest BCUT2D eigenvalue weighted by atomic mass is 32.2. The molecule has 190 valence electrons. The number of H-pyrrole nitrogens is 1. The lowest BCUT2D eigenvalue weighted by Gasteiger charge is -2.28. The summed E-state index contributed by atoms with van der Waals surface area (Å²) < 4.78 is 77.2. The number of nitrogens with one attached hydrogen (secondary N) is 2. The quantitative estimate of drug-likeness (QED) is 0.485. The Morgan fingerprint density at radius 1 is 1.17 bits per heavy atom. The number of aromatic amines is 1. The molecule has 13 heteroatoms. The van der Waals surface area contributed by atoms with Gasteiger partial charge in [0.05, 0.1) is 34.9 Å². The van der Waals surface area contributed by atoms with E-state index >= 15 is 0 Å². The molecular formula is C23H21F4N5O3S. The van der Waals surface area contributed by atoms with Crippen molar-refractivity contribution in [2.45, 2.75) is 48.8 Å². The van der Waals surface area contributed by atoms with Crippen LogP contribution >= 0.6 is 0 Å². The average Bonchev–Trinajstić information content (AvgIpc) is 3.27. The minimum atomic E-state index is -4.78. The second kappa shape index (κ2) is 8.87. The summed E-state index contributed by atoms with van der Waals surface area (Å²) in [5, 5.41) is 2.20. The SMILES string of the molecule is O=C(c1c[nH]c(S(=O)(=O)C2CCC2)n1)N1CCc2cc(Nc3ccc(C(F)(F)F)c(F)c3)cnc2C1. The lowest BCUT2D eigenvalue weighted by atomic mass is 10.0. The van der Waals surface area contributed by atoms with Gasteiger partial charge in [0, 0.05) is 18.4 Å². The molecule has 1 aromatic carbocycles. The van der Waals surface area contributed by atoms with Gasteiger partial charge in [-0.05, 0) is 49.1 Å². The van der Waals surface area contributed by atoms with Gasteiger partial charge in [-0.1, -0.05) is 6.42 Å². The number of fused-ring (bicyclic) bond motifs is 1. The van der Waals surface area contributed by atoms with Crippen LogP contribution in [-0.2, 0) is 29.0 Å². The second-order valence-corrected chi connectivity index (χ2v) is 11.0. The maximum Gasteiger partial charge on any atom is 0.419 e. The number of amides is 1. The van der Waals surface area contributed by atoms with Crippen LogP contribution in [0.4, 0.5) is 28.9 Å². The van der Waals surface area contributed by atoms with Crippen LogP contribution in [0.2, 0.25) is 0 Å². The molecule has 0 saturated heterocycles. The molecule has 2 aliphatic rings. The number of hydrogen-bond donors (Lipinski definition) is 2. The third-order valence-corrected chi connectivity index (χ3v) is 8.53. The Bertz CT molecular complexity index is 1430. The molecule has 0 bridgehead atoms. The number of pyridine rings is 1. The molecule has 0 spiro atoms. The smallest absolute Gasteiger partial charge is 0.354 e. The van der Waals surface area contributed by atoms with Gasteiger partial charge in [-0.3, -0.25) is 9.78 Å². The fraction of sp³-hybridized carbons (Fsp3) is 0.348. The van der Waals surface area contributed by atoms with Crippen molar-refractivity contribution >= 4 is 27.1 Å². The Labute approximate surface area is 203 Å². The highest BCUT2D eigenvalue weighted by molar-refractivity contribution is 7.91. The van der Waals surface area contributed by atoms with E-state index < -0.39 is 38.6 Å². The molecule has 1 amide bonds. The first-order valence-corrected chi connectivity index (χ1v) is 12.8. The summed E-state index contributed by atoms with van der Waals surface area (Å²) in [6, 6.07) is 4.32. The lowest BCUT2D eigenvalue weighted by molar-refractivity contribution is -0.139. The molecule has 5 rings (SSSR count). The van der Waals surface area contributed by atoms with Gasteiger partial charge in [-0.25, -0.2) is 17.8 Å². The molecule has 8 nitrogen and oxygen atoms in total. The zero-order valence-corrected chi connectivity index (χ0v) is 19.6. The van der Waals surface area contributed by atoms with E-state index in [0.717, 1.165) is 24.1 Å². The molecule has 3 aromatic rings. The number of sulfone groups is 1. The topological polar surface area (TPSA) is 108 Å². The average molecular weight is 524 g/mol. The number of halogens is 4. The molecule has 1 aliphatic heterocycles. The normalized spacial score (nSPS) is 16.4. The first-order valence-electron chi connectivity index (χ1n) is 11.2. The van der Waals surface area contributed by atoms with E-state index in [2.05, 4.69) is 20.3 Å². The van der Waals surface area contributed by atoms with Gasteiger partial charge in [-0.2, -0.15) is 13.2 Å². The minimum absolute atomic E-state index is 0.0129. The Kier molecular flexibility index (Phi) is 5.97. The molecule has 36 heavy (non-hydrogen) atoms. The van der Waals surface area contributed by atoms with E-state index in [4.69, 9.17) is 0 Å². The Balaban J connectivity index is 1.27. The van der Waals surface area contributed by atoms with Crippen LogP contribution in [0.5, 0.6) is 0 Å². The number of anilines is 2. The van der Waals surface area contributed by atoms with Crippen molar-refractivity contribution in [2.24, 2.45) is 0 Å². The van der Waals surface area contributed by atoms with Crippen LogP contribution < -0.4 is 5.32 Å². The van der Waals surface area contributed by atoms with Crippen LogP contribution in [0.1, 0.15) is 46.6 Å². The predicted molar refractivity (Wildman–Crippen MR) is 121 cm³/mol. The largest absolute Gasteiger partial charge is 0.419 e. The Hall–Kier alpha value is -3.48. The molecule has 2 aromatic heterocycles. The Morgan fingerprint density at radius 2 is 1.94 bits per heavy atom. The zero-order valence-electron chi connectivity index (χ0n) is 18.8. The van der Waals surface area contributed by atoms with Crippen molar-refractivity contribution in [2.75, 3.05) is 11.9 Å². The summed E-state index contributed by atoms with van der Waals surface area (Å²) >= 11 is 0. The standard InChI is InChI=1S/C23H21F4N5O3S/c24-18-9-14(4-5-17(18)23(25,26)27)30-15-8-13-6-7-32(12-20(13)28-10-15)21(33)19-11-29-22(31-19)36(34,35)16-2-1-3-16/h4-5,8-11,16,30H,1-3,6-7,12H2,(H,29,31). The van der Waals surface area contributed by atoms with E-state index in [1.54, 1.807) is 6.07 Å². The molecule has 2 N–H and O–H groups in total. The number of hydrogen-bond acceptors (Lipinski definition) is 6. The zero-order chi connectivity index (χ0) is 25.7. The summed E-state index contributed by atoms with van der Waals surface area (Å²) in [6.07, 6.45) is 0.448. The van der Waals surface area contributed by atoms with Gasteiger partial charge >= 0.3 is 6.18 Å². The van der Waals surface area contributed by atoms with Crippen molar-refractivity contribution in [1.82, 2.24) is 19.9 Å². The number of benzene rings is 1. The summed E-state index contributed by atoms with van der Waals surface area (Å²) in [4.78, 5) is 25.5. The van der Waals surface area contributed by atoms with Crippen LogP contribution in [0.3, 0.4) is 0 Å². The van der Waals surface area contributed by atoms with Gasteiger partial charge in [0.25, 0.3) is 5.91 Å². The summed E-state index contributed by atoms with van der Waals surface area (Å²) in [5.74, 6) is -1.80. The van der Waals surface area contributed by atoms with Crippen molar-refractivity contribution < 1.29 is 30.8 Å². The van der Waals surface area contributed by atoms with Crippen molar-refractivity contribution in [3.63, 3.8) is 0 Å². The van der Waals surface area contributed by atoms with Crippen molar-refractivity contribution in [3.8, 4) is 0 Å². The predicted octanol–water partition coefficient (Wildman–Crippen LogP) is 4.23. The first kappa shape index (κ1) is 24.2. The number of carbonyl (C=O) groups excluding carboxylic acids is 1. The molecular weight excluding hydrogens is 502 g/mol. The fourth-order valence-corrected chi connectivity index (χ4v) is 5.92. The highest BCUT2D eigenvalue weighted by Crippen LogP contribution is 2.33. The summed E-state index contributed by atoms with van der Waals surface area (Å²) in [6.45, 7) is 0.518. The maximum absolute atomic E-state index is 13.9. The van der Waals surface area contributed by atoms with Gasteiger partial charge in [0.15, 0.2) is 0 Å². The molecule has 1 aliphatic carbocycles. The molecule has 0 atom stereocenters. The monoisotopic (exact) mass is 523 g/mol. The maximum atomic E-state index is 13.9. The van der Waals surface area contributed by atoms with E-state index in [0.29, 0.717) is 43.3 Å². The van der Waals surface area contributed by atoms with Crippen LogP contribution in [0.25, 0.3) is 0 Å². The number of rotatable bonds is 5. The molecule has 1 saturated carbocycles. The van der Waals surface area contributed by atoms with Gasteiger partial charge in [0.1, 0.15) is 11.5 Å².